The van der Waals surface area contributed by atoms with Crippen molar-refractivity contribution in [2.45, 2.75) is 38.3 Å². The van der Waals surface area contributed by atoms with Crippen LogP contribution in [0.15, 0.2) is 24.5 Å². The molecule has 1 unspecified atom stereocenters. The summed E-state index contributed by atoms with van der Waals surface area (Å²) in [5.41, 5.74) is 0.210. The molecule has 188 valence electrons. The van der Waals surface area contributed by atoms with Gasteiger partial charge in [0.05, 0.1) is 18.0 Å². The van der Waals surface area contributed by atoms with E-state index in [4.69, 9.17) is 4.18 Å². The second-order valence-electron chi connectivity index (χ2n) is 7.93. The Morgan fingerprint density at radius 3 is 2.68 bits per heavy atom. The van der Waals surface area contributed by atoms with Crippen LogP contribution in [0.4, 0.5) is 28.0 Å². The van der Waals surface area contributed by atoms with Gasteiger partial charge >= 0.3 is 12.1 Å². The summed E-state index contributed by atoms with van der Waals surface area (Å²) in [6.07, 6.45) is -0.982. The largest absolute Gasteiger partial charge is 0.405 e. The van der Waals surface area contributed by atoms with E-state index in [0.717, 1.165) is 11.7 Å². The fourth-order valence-corrected chi connectivity index (χ4v) is 4.06. The topological polar surface area (TPSA) is 95.8 Å². The lowest BCUT2D eigenvalue weighted by atomic mass is 9.94. The Kier molecular flexibility index (Phi) is 8.25. The number of halogens is 4. The zero-order valence-electron chi connectivity index (χ0n) is 18.8. The van der Waals surface area contributed by atoms with Gasteiger partial charge in [-0.15, -0.1) is 0 Å². The number of carbonyl (C=O) groups excluding carboxylic acids is 1. The average Bonchev–Trinajstić information content (AvgIpc) is 3.18. The van der Waals surface area contributed by atoms with Crippen molar-refractivity contribution in [3.8, 4) is 5.75 Å². The molecule has 2 aromatic rings. The predicted octanol–water partition coefficient (Wildman–Crippen LogP) is 4.22. The molecule has 2 N–H and O–H groups in total. The van der Waals surface area contributed by atoms with Gasteiger partial charge in [-0.25, -0.2) is 13.6 Å². The molecule has 0 bridgehead atoms. The number of hydrogen-bond donors (Lipinski definition) is 2. The Morgan fingerprint density at radius 2 is 2.06 bits per heavy atom. The second-order valence-corrected chi connectivity index (χ2v) is 8.80. The lowest BCUT2D eigenvalue weighted by Crippen LogP contribution is -2.49. The van der Waals surface area contributed by atoms with Gasteiger partial charge in [0.2, 0.25) is 0 Å². The highest BCUT2D eigenvalue weighted by atomic mass is 32.2. The van der Waals surface area contributed by atoms with Crippen LogP contribution >= 0.6 is 12.2 Å². The smallest absolute Gasteiger partial charge is 0.321 e. The molecule has 9 nitrogen and oxygen atoms in total. The number of urea groups is 1. The minimum absolute atomic E-state index is 0.0375. The molecule has 34 heavy (non-hydrogen) atoms. The maximum absolute atomic E-state index is 15.0. The maximum atomic E-state index is 15.0. The molecule has 14 heteroatoms. The van der Waals surface area contributed by atoms with Gasteiger partial charge in [0, 0.05) is 45.0 Å². The highest BCUT2D eigenvalue weighted by Gasteiger charge is 2.46. The summed E-state index contributed by atoms with van der Waals surface area (Å²) in [5.74, 6) is -1.35. The van der Waals surface area contributed by atoms with Crippen molar-refractivity contribution in [2.24, 2.45) is 13.0 Å². The molecule has 1 saturated heterocycles. The van der Waals surface area contributed by atoms with E-state index < -0.39 is 36.2 Å². The monoisotopic (exact) mass is 506 g/mol. The van der Waals surface area contributed by atoms with E-state index in [0.29, 0.717) is 15.7 Å². The fraction of sp³-hybridized carbons (Fsp3) is 0.550. The average molecular weight is 507 g/mol. The quantitative estimate of drug-likeness (QED) is 0.240. The Labute approximate surface area is 198 Å². The number of alkyl halides is 4. The minimum atomic E-state index is -3.31. The van der Waals surface area contributed by atoms with Crippen molar-refractivity contribution in [3.63, 3.8) is 0 Å². The first-order valence-corrected chi connectivity index (χ1v) is 11.2. The molecule has 2 amide bonds. The van der Waals surface area contributed by atoms with Crippen LogP contribution in [-0.2, 0) is 7.05 Å². The van der Waals surface area contributed by atoms with Gasteiger partial charge in [0.1, 0.15) is 0 Å². The third-order valence-electron chi connectivity index (χ3n) is 5.42. The van der Waals surface area contributed by atoms with E-state index in [-0.39, 0.29) is 43.9 Å². The van der Waals surface area contributed by atoms with Crippen LogP contribution in [0.1, 0.15) is 43.7 Å². The highest BCUT2D eigenvalue weighted by molar-refractivity contribution is 7.92. The third-order valence-corrected chi connectivity index (χ3v) is 6.14. The number of rotatable bonds is 8. The van der Waals surface area contributed by atoms with Crippen molar-refractivity contribution >= 4 is 23.9 Å². The molecule has 1 atom stereocenters. The van der Waals surface area contributed by atoms with Crippen LogP contribution in [0.3, 0.4) is 0 Å². The van der Waals surface area contributed by atoms with Crippen LogP contribution < -0.4 is 9.50 Å². The standard InChI is InChI=1S/C20H26F4N6O3S/c1-12(31)15-10-14(4-7-25-15)26-19(32)30-8-5-13(6-9-30)20(23,24)29(3)34-33-16-11-28(2)27-17(16)18(21)22/h4,7,10-13,18,31H,5-6,8-9H2,1-3H3,(H,25,26,32). The number of hydrogen-bond acceptors (Lipinski definition) is 7. The number of nitrogens with one attached hydrogen (secondary N) is 1. The van der Waals surface area contributed by atoms with Gasteiger partial charge in [-0.3, -0.25) is 9.67 Å². The summed E-state index contributed by atoms with van der Waals surface area (Å²) in [4.78, 5) is 18.0. The first kappa shape index (κ1) is 26.0. The molecule has 0 aromatic carbocycles. The Balaban J connectivity index is 1.53. The van der Waals surface area contributed by atoms with Crippen LogP contribution in [0.5, 0.6) is 5.75 Å². The molecule has 0 saturated carbocycles. The van der Waals surface area contributed by atoms with Crippen molar-refractivity contribution in [1.29, 1.82) is 0 Å². The van der Waals surface area contributed by atoms with Gasteiger partial charge in [0.15, 0.2) is 23.7 Å². The van der Waals surface area contributed by atoms with Gasteiger partial charge in [-0.05, 0) is 31.9 Å². The molecule has 1 aliphatic heterocycles. The van der Waals surface area contributed by atoms with Crippen LogP contribution in [0, 0.1) is 5.92 Å². The number of carbonyl (C=O) groups is 1. The van der Waals surface area contributed by atoms with E-state index in [9.17, 15) is 27.5 Å². The summed E-state index contributed by atoms with van der Waals surface area (Å²) < 4.78 is 62.8. The van der Waals surface area contributed by atoms with Gasteiger partial charge in [-0.2, -0.15) is 18.2 Å². The Morgan fingerprint density at radius 1 is 1.38 bits per heavy atom. The first-order chi connectivity index (χ1) is 16.0. The Bertz CT molecular complexity index is 985. The van der Waals surface area contributed by atoms with Gasteiger partial charge in [0.25, 0.3) is 6.43 Å². The van der Waals surface area contributed by atoms with Gasteiger partial charge < -0.3 is 19.5 Å². The van der Waals surface area contributed by atoms with Crippen LogP contribution in [0.2, 0.25) is 0 Å². The van der Waals surface area contributed by atoms with Crippen LogP contribution in [0.25, 0.3) is 0 Å². The Hall–Kier alpha value is -2.58. The molecular weight excluding hydrogens is 480 g/mol. The summed E-state index contributed by atoms with van der Waals surface area (Å²) in [7, 11) is 2.54. The molecule has 3 heterocycles. The lowest BCUT2D eigenvalue weighted by Gasteiger charge is -2.38. The van der Waals surface area contributed by atoms with Crippen molar-refractivity contribution in [2.75, 3.05) is 25.5 Å². The second kappa shape index (κ2) is 10.8. The number of pyridine rings is 1. The number of piperidine rings is 1. The van der Waals surface area contributed by atoms with Crippen molar-refractivity contribution < 1.29 is 31.6 Å². The molecule has 1 aliphatic rings. The molecule has 0 aliphatic carbocycles. The number of aliphatic hydroxyl groups excluding tert-OH is 1. The number of nitrogens with zero attached hydrogens (tertiary/aromatic N) is 5. The minimum Gasteiger partial charge on any atom is -0.405 e. The van der Waals surface area contributed by atoms with E-state index in [1.807, 2.05) is 0 Å². The fourth-order valence-electron chi connectivity index (χ4n) is 3.49. The van der Waals surface area contributed by atoms with Crippen molar-refractivity contribution in [1.82, 2.24) is 24.0 Å². The van der Waals surface area contributed by atoms with E-state index in [1.54, 1.807) is 13.0 Å². The number of likely N-dealkylation sites (tertiary alicyclic amines) is 1. The summed E-state index contributed by atoms with van der Waals surface area (Å²) in [5, 5.41) is 15.9. The summed E-state index contributed by atoms with van der Waals surface area (Å²) >= 11 is 0.265. The molecule has 1 fully saturated rings. The third kappa shape index (κ3) is 6.10. The maximum Gasteiger partial charge on any atom is 0.321 e. The zero-order chi connectivity index (χ0) is 25.0. The van der Waals surface area contributed by atoms with E-state index >= 15 is 0 Å². The highest BCUT2D eigenvalue weighted by Crippen LogP contribution is 2.40. The lowest BCUT2D eigenvalue weighted by molar-refractivity contribution is -0.147. The van der Waals surface area contributed by atoms with Crippen LogP contribution in [-0.4, -0.2) is 61.3 Å². The molecule has 3 rings (SSSR count). The zero-order valence-corrected chi connectivity index (χ0v) is 19.6. The number of aliphatic hydroxyl groups is 1. The number of anilines is 1. The molecular formula is C20H26F4N6O3S. The number of amides is 2. The molecule has 0 spiro atoms. The normalized spacial score (nSPS) is 16.2. The first-order valence-electron chi connectivity index (χ1n) is 10.5. The number of aromatic nitrogens is 3. The predicted molar refractivity (Wildman–Crippen MR) is 117 cm³/mol. The molecule has 0 radical (unpaired) electrons. The van der Waals surface area contributed by atoms with E-state index in [2.05, 4.69) is 15.4 Å². The van der Waals surface area contributed by atoms with E-state index in [1.165, 1.54) is 30.4 Å². The number of aryl methyl sites for hydroxylation is 1. The summed E-state index contributed by atoms with van der Waals surface area (Å²) in [6, 6.07) is -0.639. The summed E-state index contributed by atoms with van der Waals surface area (Å²) in [6.45, 7) is 1.77. The SMILES string of the molecule is CC(O)c1cc(NC(=O)N2CCC(C(F)(F)N(C)SOc3cn(C)nc3C(F)F)CC2)ccn1. The molecule has 2 aromatic heterocycles. The van der Waals surface area contributed by atoms with Crippen molar-refractivity contribution in [3.05, 3.63) is 35.9 Å². The van der Waals surface area contributed by atoms with Gasteiger partial charge in [-0.1, -0.05) is 0 Å².